The van der Waals surface area contributed by atoms with E-state index in [0.717, 1.165) is 12.0 Å². The van der Waals surface area contributed by atoms with Crippen molar-refractivity contribution in [1.29, 1.82) is 0 Å². The molecule has 0 aliphatic heterocycles. The molecule has 0 amide bonds. The molecule has 0 saturated carbocycles. The minimum Gasteiger partial charge on any atom is -0.420 e. The van der Waals surface area contributed by atoms with Crippen molar-refractivity contribution in [1.82, 2.24) is 15.2 Å². The van der Waals surface area contributed by atoms with Crippen molar-refractivity contribution in [2.45, 2.75) is 19.8 Å². The van der Waals surface area contributed by atoms with E-state index in [1.165, 1.54) is 33.5 Å². The van der Waals surface area contributed by atoms with Gasteiger partial charge in [-0.2, -0.15) is 0 Å². The summed E-state index contributed by atoms with van der Waals surface area (Å²) in [5.74, 6) is 1.23. The minimum atomic E-state index is 0.590. The van der Waals surface area contributed by atoms with E-state index < -0.39 is 0 Å². The van der Waals surface area contributed by atoms with Crippen LogP contribution < -0.4 is 0 Å². The van der Waals surface area contributed by atoms with Crippen molar-refractivity contribution < 1.29 is 4.42 Å². The Kier molecular flexibility index (Phi) is 3.10. The highest BCUT2D eigenvalue weighted by molar-refractivity contribution is 5.81. The van der Waals surface area contributed by atoms with E-state index in [9.17, 15) is 0 Å². The molecule has 0 bridgehead atoms. The van der Waals surface area contributed by atoms with Crippen LogP contribution in [-0.2, 0) is 12.8 Å². The highest BCUT2D eigenvalue weighted by Crippen LogP contribution is 2.40. The molecule has 0 saturated heterocycles. The third-order valence-corrected chi connectivity index (χ3v) is 4.81. The summed E-state index contributed by atoms with van der Waals surface area (Å²) in [7, 11) is 0. The zero-order chi connectivity index (χ0) is 16.8. The number of hydrogen-bond donors (Lipinski definition) is 1. The number of benzene rings is 2. The second kappa shape index (κ2) is 5.45. The molecule has 5 rings (SSSR count). The molecule has 2 heterocycles. The van der Waals surface area contributed by atoms with Gasteiger partial charge in [0.1, 0.15) is 0 Å². The fourth-order valence-corrected chi connectivity index (χ4v) is 3.49. The minimum absolute atomic E-state index is 0.590. The van der Waals surface area contributed by atoms with Crippen LogP contribution in [0.4, 0.5) is 0 Å². The number of hydrogen-bond acceptors (Lipinski definition) is 3. The van der Waals surface area contributed by atoms with E-state index in [1.807, 2.05) is 6.20 Å². The van der Waals surface area contributed by atoms with Crippen molar-refractivity contribution in [3.8, 4) is 22.7 Å². The molecule has 4 heteroatoms. The van der Waals surface area contributed by atoms with E-state index >= 15 is 0 Å². The first-order valence-electron chi connectivity index (χ1n) is 8.45. The van der Waals surface area contributed by atoms with E-state index in [1.54, 1.807) is 0 Å². The van der Waals surface area contributed by atoms with Gasteiger partial charge in [-0.25, -0.2) is 0 Å². The first-order valence-corrected chi connectivity index (χ1v) is 8.45. The smallest absolute Gasteiger partial charge is 0.249 e. The molecule has 0 radical (unpaired) electrons. The van der Waals surface area contributed by atoms with Gasteiger partial charge in [-0.1, -0.05) is 54.1 Å². The van der Waals surface area contributed by atoms with Crippen LogP contribution in [-0.4, -0.2) is 15.2 Å². The molecule has 2 aromatic heterocycles. The molecule has 4 aromatic rings. The standard InChI is InChI=1S/C21H17N3O/c1-13-6-8-14(9-7-13)10-19-23-24-21(25-19)18-12-22-20-16-5-3-2-4-15(16)11-17(18)20/h2-9,12,22H,10-11H2,1H3. The quantitative estimate of drug-likeness (QED) is 0.529. The summed E-state index contributed by atoms with van der Waals surface area (Å²) < 4.78 is 5.94. The van der Waals surface area contributed by atoms with Crippen molar-refractivity contribution in [2.75, 3.05) is 0 Å². The van der Waals surface area contributed by atoms with Gasteiger partial charge in [-0.3, -0.25) is 0 Å². The lowest BCUT2D eigenvalue weighted by Crippen LogP contribution is -1.88. The molecule has 1 N–H and O–H groups in total. The number of aromatic nitrogens is 3. The number of aryl methyl sites for hydroxylation is 1. The molecule has 25 heavy (non-hydrogen) atoms. The number of nitrogens with one attached hydrogen (secondary N) is 1. The molecule has 4 nitrogen and oxygen atoms in total. The Morgan fingerprint density at radius 3 is 2.72 bits per heavy atom. The lowest BCUT2D eigenvalue weighted by molar-refractivity contribution is 0.518. The molecule has 0 unspecified atom stereocenters. The number of fused-ring (bicyclic) bond motifs is 3. The highest BCUT2D eigenvalue weighted by Gasteiger charge is 2.25. The van der Waals surface area contributed by atoms with E-state index in [4.69, 9.17) is 4.42 Å². The van der Waals surface area contributed by atoms with Gasteiger partial charge in [-0.15, -0.1) is 10.2 Å². The zero-order valence-corrected chi connectivity index (χ0v) is 13.9. The van der Waals surface area contributed by atoms with Gasteiger partial charge in [0.25, 0.3) is 0 Å². The average molecular weight is 327 g/mol. The van der Waals surface area contributed by atoms with Crippen LogP contribution in [0.2, 0.25) is 0 Å². The second-order valence-corrected chi connectivity index (χ2v) is 6.55. The van der Waals surface area contributed by atoms with Gasteiger partial charge in [0.05, 0.1) is 17.7 Å². The Morgan fingerprint density at radius 1 is 1.00 bits per heavy atom. The Hall–Kier alpha value is -3.14. The Labute approximate surface area is 145 Å². The van der Waals surface area contributed by atoms with Crippen molar-refractivity contribution >= 4 is 0 Å². The van der Waals surface area contributed by atoms with Crippen LogP contribution in [0.5, 0.6) is 0 Å². The highest BCUT2D eigenvalue weighted by atomic mass is 16.4. The molecule has 2 aromatic carbocycles. The summed E-state index contributed by atoms with van der Waals surface area (Å²) in [4.78, 5) is 3.38. The molecule has 1 aliphatic rings. The van der Waals surface area contributed by atoms with Gasteiger partial charge < -0.3 is 9.40 Å². The van der Waals surface area contributed by atoms with Crippen LogP contribution in [0, 0.1) is 6.92 Å². The Balaban J connectivity index is 1.45. The van der Waals surface area contributed by atoms with Crippen LogP contribution >= 0.6 is 0 Å². The molecular formula is C21H17N3O. The Bertz CT molecular complexity index is 1060. The summed E-state index contributed by atoms with van der Waals surface area (Å²) >= 11 is 0. The summed E-state index contributed by atoms with van der Waals surface area (Å²) in [6, 6.07) is 16.9. The van der Waals surface area contributed by atoms with Gasteiger partial charge in [0.15, 0.2) is 0 Å². The summed E-state index contributed by atoms with van der Waals surface area (Å²) in [6.07, 6.45) is 3.53. The molecule has 1 aliphatic carbocycles. The van der Waals surface area contributed by atoms with Gasteiger partial charge in [-0.05, 0) is 23.6 Å². The maximum absolute atomic E-state index is 5.94. The number of H-pyrrole nitrogens is 1. The first kappa shape index (κ1) is 14.2. The topological polar surface area (TPSA) is 54.7 Å². The van der Waals surface area contributed by atoms with Gasteiger partial charge in [0, 0.05) is 18.2 Å². The van der Waals surface area contributed by atoms with Crippen LogP contribution in [0.3, 0.4) is 0 Å². The van der Waals surface area contributed by atoms with Crippen LogP contribution in [0.15, 0.2) is 59.1 Å². The number of aromatic amines is 1. The fourth-order valence-electron chi connectivity index (χ4n) is 3.49. The third-order valence-electron chi connectivity index (χ3n) is 4.81. The van der Waals surface area contributed by atoms with E-state index in [0.29, 0.717) is 18.2 Å². The molecule has 0 atom stereocenters. The third kappa shape index (κ3) is 2.38. The lowest BCUT2D eigenvalue weighted by atomic mass is 10.1. The zero-order valence-electron chi connectivity index (χ0n) is 13.9. The van der Waals surface area contributed by atoms with Gasteiger partial charge in [0.2, 0.25) is 11.8 Å². The lowest BCUT2D eigenvalue weighted by Gasteiger charge is -1.98. The second-order valence-electron chi connectivity index (χ2n) is 6.55. The summed E-state index contributed by atoms with van der Waals surface area (Å²) in [5.41, 5.74) is 8.45. The maximum Gasteiger partial charge on any atom is 0.249 e. The largest absolute Gasteiger partial charge is 0.420 e. The SMILES string of the molecule is Cc1ccc(Cc2nnc(-c3c[nH]c4c3Cc3ccccc3-4)o2)cc1. The molecular weight excluding hydrogens is 310 g/mol. The predicted molar refractivity (Wildman–Crippen MR) is 96.3 cm³/mol. The Morgan fingerprint density at radius 2 is 1.84 bits per heavy atom. The van der Waals surface area contributed by atoms with Crippen molar-refractivity contribution in [3.63, 3.8) is 0 Å². The van der Waals surface area contributed by atoms with Crippen molar-refractivity contribution in [3.05, 3.63) is 82.9 Å². The average Bonchev–Trinajstić information content (AvgIpc) is 3.31. The summed E-state index contributed by atoms with van der Waals surface area (Å²) in [6.45, 7) is 2.08. The number of nitrogens with zero attached hydrogens (tertiary/aromatic N) is 2. The maximum atomic E-state index is 5.94. The van der Waals surface area contributed by atoms with Crippen molar-refractivity contribution in [2.24, 2.45) is 0 Å². The van der Waals surface area contributed by atoms with Gasteiger partial charge >= 0.3 is 0 Å². The van der Waals surface area contributed by atoms with Crippen LogP contribution in [0.25, 0.3) is 22.7 Å². The van der Waals surface area contributed by atoms with Crippen LogP contribution in [0.1, 0.15) is 28.1 Å². The number of rotatable bonds is 3. The molecule has 122 valence electrons. The molecule has 0 fully saturated rings. The first-order chi connectivity index (χ1) is 12.3. The predicted octanol–water partition coefficient (Wildman–Crippen LogP) is 4.54. The van der Waals surface area contributed by atoms with E-state index in [2.05, 4.69) is 70.6 Å². The normalized spacial score (nSPS) is 12.2. The van der Waals surface area contributed by atoms with E-state index in [-0.39, 0.29) is 0 Å². The summed E-state index contributed by atoms with van der Waals surface area (Å²) in [5, 5.41) is 8.51. The molecule has 0 spiro atoms. The monoisotopic (exact) mass is 327 g/mol. The fraction of sp³-hybridized carbons (Fsp3) is 0.143.